The van der Waals surface area contributed by atoms with Gasteiger partial charge in [-0.3, -0.25) is 9.89 Å². The molecule has 4 N–H and O–H groups in total. The van der Waals surface area contributed by atoms with Crippen molar-refractivity contribution in [1.82, 2.24) is 15.5 Å². The smallest absolute Gasteiger partial charge is 0.272 e. The van der Waals surface area contributed by atoms with Gasteiger partial charge in [-0.15, -0.1) is 12.4 Å². The fourth-order valence-corrected chi connectivity index (χ4v) is 2.88. The van der Waals surface area contributed by atoms with Crippen molar-refractivity contribution in [3.05, 3.63) is 46.8 Å². The van der Waals surface area contributed by atoms with E-state index in [4.69, 9.17) is 5.73 Å². The normalized spacial score (nSPS) is 16.5. The molecule has 0 bridgehead atoms. The van der Waals surface area contributed by atoms with Gasteiger partial charge in [0.15, 0.2) is 0 Å². The number of aromatic nitrogens is 2. The first-order chi connectivity index (χ1) is 10.2. The molecule has 0 saturated heterocycles. The van der Waals surface area contributed by atoms with Crippen LogP contribution < -0.4 is 11.1 Å². The van der Waals surface area contributed by atoms with Crippen molar-refractivity contribution in [2.75, 3.05) is 5.73 Å². The molecule has 1 aliphatic carbocycles. The van der Waals surface area contributed by atoms with Gasteiger partial charge in [0.1, 0.15) is 5.69 Å². The van der Waals surface area contributed by atoms with E-state index >= 15 is 0 Å². The van der Waals surface area contributed by atoms with Crippen molar-refractivity contribution in [3.63, 3.8) is 0 Å². The van der Waals surface area contributed by atoms with Crippen LogP contribution in [-0.2, 0) is 12.8 Å². The lowest BCUT2D eigenvalue weighted by atomic mass is 9.87. The highest BCUT2D eigenvalue weighted by Crippen LogP contribution is 2.31. The van der Waals surface area contributed by atoms with Crippen LogP contribution in [0.2, 0.25) is 0 Å². The van der Waals surface area contributed by atoms with E-state index in [9.17, 15) is 4.79 Å². The first-order valence-corrected chi connectivity index (χ1v) is 7.41. The predicted octanol–water partition coefficient (Wildman–Crippen LogP) is 2.78. The van der Waals surface area contributed by atoms with Crippen molar-refractivity contribution in [3.8, 4) is 0 Å². The third kappa shape index (κ3) is 3.25. The summed E-state index contributed by atoms with van der Waals surface area (Å²) in [4.78, 5) is 12.3. The lowest BCUT2D eigenvalue weighted by Crippen LogP contribution is -2.31. The fourth-order valence-electron chi connectivity index (χ4n) is 2.88. The summed E-state index contributed by atoms with van der Waals surface area (Å²) in [6.07, 6.45) is 3.87. The van der Waals surface area contributed by atoms with Crippen LogP contribution in [0.25, 0.3) is 0 Å². The summed E-state index contributed by atoms with van der Waals surface area (Å²) in [5.41, 5.74) is 10.5. The molecule has 1 heterocycles. The van der Waals surface area contributed by atoms with Crippen LogP contribution in [0.3, 0.4) is 0 Å². The van der Waals surface area contributed by atoms with E-state index in [0.29, 0.717) is 5.69 Å². The largest absolute Gasteiger partial charge is 0.399 e. The molecule has 2 aromatic rings. The van der Waals surface area contributed by atoms with E-state index in [2.05, 4.69) is 15.5 Å². The number of hydrogen-bond donors (Lipinski definition) is 3. The Hall–Kier alpha value is -2.01. The van der Waals surface area contributed by atoms with Gasteiger partial charge in [-0.2, -0.15) is 5.10 Å². The van der Waals surface area contributed by atoms with Crippen LogP contribution in [-0.4, -0.2) is 16.1 Å². The molecule has 0 saturated carbocycles. The van der Waals surface area contributed by atoms with Gasteiger partial charge in [0.25, 0.3) is 5.91 Å². The summed E-state index contributed by atoms with van der Waals surface area (Å²) in [6, 6.07) is 7.78. The molecular weight excluding hydrogens is 300 g/mol. The van der Waals surface area contributed by atoms with Gasteiger partial charge >= 0.3 is 0 Å². The van der Waals surface area contributed by atoms with Crippen LogP contribution in [0.5, 0.6) is 0 Å². The molecule has 1 atom stereocenters. The summed E-state index contributed by atoms with van der Waals surface area (Å²) in [6.45, 7) is 2.02. The zero-order valence-corrected chi connectivity index (χ0v) is 13.4. The van der Waals surface area contributed by atoms with Crippen LogP contribution in [0.15, 0.2) is 24.3 Å². The number of amides is 1. The number of nitrogens with one attached hydrogen (secondary N) is 2. The Bertz CT molecular complexity index is 668. The van der Waals surface area contributed by atoms with Crippen LogP contribution in [0, 0.1) is 0 Å². The number of nitrogens with two attached hydrogens (primary N) is 1. The quantitative estimate of drug-likeness (QED) is 0.760. The molecule has 22 heavy (non-hydrogen) atoms. The summed E-state index contributed by atoms with van der Waals surface area (Å²) >= 11 is 0. The Labute approximate surface area is 136 Å². The molecular formula is C16H21ClN4O. The lowest BCUT2D eigenvalue weighted by molar-refractivity contribution is 0.0927. The van der Waals surface area contributed by atoms with Crippen LogP contribution in [0.4, 0.5) is 5.69 Å². The van der Waals surface area contributed by atoms with Gasteiger partial charge in [0.05, 0.1) is 6.04 Å². The minimum atomic E-state index is -0.124. The second-order valence-electron chi connectivity index (χ2n) is 5.51. The number of anilines is 1. The van der Waals surface area contributed by atoms with Gasteiger partial charge in [0.2, 0.25) is 0 Å². The van der Waals surface area contributed by atoms with Crippen molar-refractivity contribution in [1.29, 1.82) is 0 Å². The topological polar surface area (TPSA) is 83.8 Å². The highest BCUT2D eigenvalue weighted by molar-refractivity contribution is 5.92. The zero-order valence-electron chi connectivity index (χ0n) is 12.6. The Morgan fingerprint density at radius 1 is 1.45 bits per heavy atom. The third-order valence-corrected chi connectivity index (χ3v) is 4.03. The molecule has 0 fully saturated rings. The molecule has 6 heteroatoms. The molecule has 1 aliphatic rings. The molecule has 1 aromatic carbocycles. The van der Waals surface area contributed by atoms with E-state index < -0.39 is 0 Å². The predicted molar refractivity (Wildman–Crippen MR) is 89.2 cm³/mol. The van der Waals surface area contributed by atoms with Crippen molar-refractivity contribution >= 4 is 24.0 Å². The number of carbonyl (C=O) groups is 1. The third-order valence-electron chi connectivity index (χ3n) is 4.03. The van der Waals surface area contributed by atoms with Crippen LogP contribution >= 0.6 is 12.4 Å². The van der Waals surface area contributed by atoms with E-state index in [1.807, 2.05) is 31.2 Å². The molecule has 1 unspecified atom stereocenters. The fraction of sp³-hybridized carbons (Fsp3) is 0.375. The van der Waals surface area contributed by atoms with Gasteiger partial charge < -0.3 is 11.1 Å². The number of nitrogen functional groups attached to an aromatic ring is 1. The number of rotatable bonds is 3. The summed E-state index contributed by atoms with van der Waals surface area (Å²) in [7, 11) is 0. The van der Waals surface area contributed by atoms with Gasteiger partial charge in [0, 0.05) is 11.4 Å². The Balaban J connectivity index is 0.00000176. The number of aryl methyl sites for hydroxylation is 2. The molecule has 1 amide bonds. The lowest BCUT2D eigenvalue weighted by Gasteiger charge is -2.26. The van der Waals surface area contributed by atoms with E-state index in [1.54, 1.807) is 0 Å². The Kier molecular flexibility index (Phi) is 5.08. The molecule has 3 rings (SSSR count). The summed E-state index contributed by atoms with van der Waals surface area (Å²) < 4.78 is 0. The number of nitrogens with zero attached hydrogens (tertiary/aromatic N) is 1. The SMILES string of the molecule is CCc1cc(C(=O)NC2CCCc3cc(N)ccc32)n[nH]1.Cl. The molecule has 118 valence electrons. The van der Waals surface area contributed by atoms with Crippen molar-refractivity contribution in [2.24, 2.45) is 0 Å². The van der Waals surface area contributed by atoms with Crippen molar-refractivity contribution in [2.45, 2.75) is 38.6 Å². The van der Waals surface area contributed by atoms with Gasteiger partial charge in [-0.05, 0) is 55.0 Å². The van der Waals surface area contributed by atoms with E-state index in [0.717, 1.165) is 37.1 Å². The molecule has 5 nitrogen and oxygen atoms in total. The number of halogens is 1. The second kappa shape index (κ2) is 6.83. The number of fused-ring (bicyclic) bond motifs is 1. The zero-order chi connectivity index (χ0) is 14.8. The minimum Gasteiger partial charge on any atom is -0.399 e. The summed E-state index contributed by atoms with van der Waals surface area (Å²) in [5, 5.41) is 10.0. The number of carbonyl (C=O) groups excluding carboxylic acids is 1. The minimum absolute atomic E-state index is 0. The first kappa shape index (κ1) is 16.4. The standard InChI is InChI=1S/C16H20N4O.ClH/c1-2-12-9-15(20-19-12)16(21)18-14-5-3-4-10-8-11(17)6-7-13(10)14;/h6-9,14H,2-5,17H2,1H3,(H,18,21)(H,19,20);1H. The number of aromatic amines is 1. The number of benzene rings is 1. The number of hydrogen-bond acceptors (Lipinski definition) is 3. The van der Waals surface area contributed by atoms with E-state index in [-0.39, 0.29) is 24.4 Å². The van der Waals surface area contributed by atoms with Crippen molar-refractivity contribution < 1.29 is 4.79 Å². The van der Waals surface area contributed by atoms with Crippen LogP contribution in [0.1, 0.15) is 53.1 Å². The van der Waals surface area contributed by atoms with Gasteiger partial charge in [-0.25, -0.2) is 0 Å². The maximum Gasteiger partial charge on any atom is 0.272 e. The monoisotopic (exact) mass is 320 g/mol. The van der Waals surface area contributed by atoms with E-state index in [1.165, 1.54) is 11.1 Å². The highest BCUT2D eigenvalue weighted by Gasteiger charge is 2.23. The average molecular weight is 321 g/mol. The maximum absolute atomic E-state index is 12.3. The summed E-state index contributed by atoms with van der Waals surface area (Å²) in [5.74, 6) is -0.124. The van der Waals surface area contributed by atoms with Gasteiger partial charge in [-0.1, -0.05) is 13.0 Å². The first-order valence-electron chi connectivity index (χ1n) is 7.41. The molecule has 0 aliphatic heterocycles. The second-order valence-corrected chi connectivity index (χ2v) is 5.51. The Morgan fingerprint density at radius 3 is 3.00 bits per heavy atom. The average Bonchev–Trinajstić information content (AvgIpc) is 2.96. The molecule has 0 spiro atoms. The molecule has 0 radical (unpaired) electrons. The molecule has 1 aromatic heterocycles. The highest BCUT2D eigenvalue weighted by atomic mass is 35.5. The number of H-pyrrole nitrogens is 1. The maximum atomic E-state index is 12.3. The Morgan fingerprint density at radius 2 is 2.27 bits per heavy atom.